The maximum Gasteiger partial charge on any atom is 0.416 e. The largest absolute Gasteiger partial charge is 0.496 e. The van der Waals surface area contributed by atoms with Gasteiger partial charge in [0.15, 0.2) is 0 Å². The van der Waals surface area contributed by atoms with Crippen molar-refractivity contribution >= 4 is 5.57 Å². The Balaban J connectivity index is 3.33. The van der Waals surface area contributed by atoms with Crippen LogP contribution in [0.4, 0.5) is 13.2 Å². The molecule has 0 heterocycles. The zero-order chi connectivity index (χ0) is 13.1. The number of aliphatic hydroxyl groups is 1. The molecule has 1 N–H and O–H groups in total. The highest BCUT2D eigenvalue weighted by atomic mass is 19.4. The number of hydrogen-bond donors (Lipinski definition) is 1. The molecule has 0 saturated carbocycles. The summed E-state index contributed by atoms with van der Waals surface area (Å²) in [5.41, 5.74) is -0.978. The minimum absolute atomic E-state index is 0.0802. The molecule has 2 nitrogen and oxygen atoms in total. The minimum atomic E-state index is -4.54. The van der Waals surface area contributed by atoms with Gasteiger partial charge < -0.3 is 9.84 Å². The first-order chi connectivity index (χ1) is 7.86. The Morgan fingerprint density at radius 1 is 1.35 bits per heavy atom. The molecule has 0 bridgehead atoms. The molecule has 0 aromatic heterocycles. The van der Waals surface area contributed by atoms with Crippen molar-refractivity contribution in [2.45, 2.75) is 19.2 Å². The van der Waals surface area contributed by atoms with Gasteiger partial charge in [-0.1, -0.05) is 18.2 Å². The minimum Gasteiger partial charge on any atom is -0.496 e. The van der Waals surface area contributed by atoms with Crippen LogP contribution in [0.15, 0.2) is 30.3 Å². The number of alkyl halides is 3. The van der Waals surface area contributed by atoms with Crippen molar-refractivity contribution < 1.29 is 23.0 Å². The molecule has 0 saturated heterocycles. The van der Waals surface area contributed by atoms with Crippen molar-refractivity contribution in [3.63, 3.8) is 0 Å². The summed E-state index contributed by atoms with van der Waals surface area (Å²) < 4.78 is 43.4. The summed E-state index contributed by atoms with van der Waals surface area (Å²) in [5, 5.41) is 9.09. The van der Waals surface area contributed by atoms with Crippen LogP contribution >= 0.6 is 0 Å². The van der Waals surface area contributed by atoms with E-state index < -0.39 is 17.9 Å². The van der Waals surface area contributed by atoms with Gasteiger partial charge in [-0.15, -0.1) is 0 Å². The first-order valence-electron chi connectivity index (χ1n) is 4.96. The van der Waals surface area contributed by atoms with E-state index in [2.05, 4.69) is 0 Å². The van der Waals surface area contributed by atoms with E-state index in [0.717, 1.165) is 6.08 Å². The fourth-order valence-electron chi connectivity index (χ4n) is 1.45. The van der Waals surface area contributed by atoms with Gasteiger partial charge in [-0.2, -0.15) is 13.2 Å². The van der Waals surface area contributed by atoms with Gasteiger partial charge in [-0.25, -0.2) is 0 Å². The van der Waals surface area contributed by atoms with Crippen molar-refractivity contribution in [2.24, 2.45) is 0 Å². The Morgan fingerprint density at radius 3 is 2.41 bits per heavy atom. The lowest BCUT2D eigenvalue weighted by atomic mass is 10.0. The average Bonchev–Trinajstić information content (AvgIpc) is 2.24. The van der Waals surface area contributed by atoms with Crippen molar-refractivity contribution in [3.05, 3.63) is 35.9 Å². The highest BCUT2D eigenvalue weighted by molar-refractivity contribution is 5.74. The van der Waals surface area contributed by atoms with Gasteiger partial charge in [0, 0.05) is 5.56 Å². The normalized spacial score (nSPS) is 14.6. The van der Waals surface area contributed by atoms with Gasteiger partial charge in [-0.3, -0.25) is 0 Å². The monoisotopic (exact) mass is 246 g/mol. The number of hydrogen-bond acceptors (Lipinski definition) is 2. The summed E-state index contributed by atoms with van der Waals surface area (Å²) in [7, 11) is 1.30. The van der Waals surface area contributed by atoms with E-state index in [9.17, 15) is 13.2 Å². The van der Waals surface area contributed by atoms with Gasteiger partial charge >= 0.3 is 6.18 Å². The topological polar surface area (TPSA) is 29.5 Å². The summed E-state index contributed by atoms with van der Waals surface area (Å²) in [6.07, 6.45) is -4.96. The molecule has 1 aromatic carbocycles. The van der Waals surface area contributed by atoms with Crippen LogP contribution in [0.25, 0.3) is 5.57 Å². The Morgan fingerprint density at radius 2 is 1.94 bits per heavy atom. The zero-order valence-electron chi connectivity index (χ0n) is 9.45. The molecule has 0 aliphatic heterocycles. The molecule has 1 rings (SSSR count). The summed E-state index contributed by atoms with van der Waals surface area (Å²) in [6.45, 7) is 1.27. The molecular formula is C12H13F3O2. The molecule has 1 aromatic rings. The van der Waals surface area contributed by atoms with Gasteiger partial charge in [0.2, 0.25) is 0 Å². The van der Waals surface area contributed by atoms with Gasteiger partial charge in [0.1, 0.15) is 5.75 Å². The quantitative estimate of drug-likeness (QED) is 0.888. The number of para-hydroxylation sites is 1. The number of ether oxygens (including phenoxy) is 1. The third kappa shape index (κ3) is 3.49. The molecule has 94 valence electrons. The zero-order valence-corrected chi connectivity index (χ0v) is 9.45. The molecular weight excluding hydrogens is 233 g/mol. The van der Waals surface area contributed by atoms with Crippen molar-refractivity contribution in [1.82, 2.24) is 0 Å². The lowest BCUT2D eigenvalue weighted by molar-refractivity contribution is -0.0695. The number of halogens is 3. The first kappa shape index (κ1) is 13.6. The number of allylic oxidation sites excluding steroid dienone is 1. The predicted molar refractivity (Wildman–Crippen MR) is 58.7 cm³/mol. The van der Waals surface area contributed by atoms with E-state index in [4.69, 9.17) is 9.84 Å². The van der Waals surface area contributed by atoms with Crippen LogP contribution in [0.5, 0.6) is 5.75 Å². The lowest BCUT2D eigenvalue weighted by Gasteiger charge is -2.15. The summed E-state index contributed by atoms with van der Waals surface area (Å²) in [6, 6.07) is 5.82. The summed E-state index contributed by atoms with van der Waals surface area (Å²) in [5.74, 6) is 0.122. The number of methoxy groups -OCH3 is 1. The van der Waals surface area contributed by atoms with Crippen LogP contribution in [0.3, 0.4) is 0 Å². The standard InChI is InChI=1S/C12H13F3O2/c1-8(16)7-10(12(13,14)15)9-5-3-4-6-11(9)17-2/h3-8,16H,1-2H3/b10-7+/t8-/m1/s1. The van der Waals surface area contributed by atoms with E-state index in [-0.39, 0.29) is 11.3 Å². The Labute approximate surface area is 97.3 Å². The smallest absolute Gasteiger partial charge is 0.416 e. The van der Waals surface area contributed by atoms with E-state index in [1.807, 2.05) is 0 Å². The maximum atomic E-state index is 12.8. The average molecular weight is 246 g/mol. The fraction of sp³-hybridized carbons (Fsp3) is 0.333. The first-order valence-corrected chi connectivity index (χ1v) is 4.96. The van der Waals surface area contributed by atoms with Crippen LogP contribution in [0.2, 0.25) is 0 Å². The van der Waals surface area contributed by atoms with E-state index >= 15 is 0 Å². The van der Waals surface area contributed by atoms with Gasteiger partial charge in [0.05, 0.1) is 18.8 Å². The number of benzene rings is 1. The van der Waals surface area contributed by atoms with Crippen LogP contribution in [0, 0.1) is 0 Å². The molecule has 0 radical (unpaired) electrons. The van der Waals surface area contributed by atoms with Crippen molar-refractivity contribution in [3.8, 4) is 5.75 Å². The SMILES string of the molecule is COc1ccccc1/C(=C\[C@@H](C)O)C(F)(F)F. The van der Waals surface area contributed by atoms with E-state index in [1.165, 1.54) is 32.2 Å². The molecule has 5 heteroatoms. The number of rotatable bonds is 3. The van der Waals surface area contributed by atoms with Crippen LogP contribution in [-0.4, -0.2) is 24.5 Å². The predicted octanol–water partition coefficient (Wildman–Crippen LogP) is 3.02. The fourth-order valence-corrected chi connectivity index (χ4v) is 1.45. The van der Waals surface area contributed by atoms with Gasteiger partial charge in [0.25, 0.3) is 0 Å². The van der Waals surface area contributed by atoms with Crippen LogP contribution in [-0.2, 0) is 0 Å². The van der Waals surface area contributed by atoms with E-state index in [1.54, 1.807) is 6.07 Å². The molecule has 0 fully saturated rings. The second kappa shape index (κ2) is 5.23. The molecule has 1 atom stereocenters. The molecule has 0 aliphatic carbocycles. The highest BCUT2D eigenvalue weighted by Gasteiger charge is 2.36. The Hall–Kier alpha value is -1.49. The van der Waals surface area contributed by atoms with Crippen LogP contribution in [0.1, 0.15) is 12.5 Å². The third-order valence-corrected chi connectivity index (χ3v) is 2.11. The summed E-state index contributed by atoms with van der Waals surface area (Å²) >= 11 is 0. The molecule has 0 amide bonds. The Kier molecular flexibility index (Phi) is 4.17. The summed E-state index contributed by atoms with van der Waals surface area (Å²) in [4.78, 5) is 0. The lowest BCUT2D eigenvalue weighted by Crippen LogP contribution is -2.14. The number of aliphatic hydroxyl groups excluding tert-OH is 1. The van der Waals surface area contributed by atoms with E-state index in [0.29, 0.717) is 0 Å². The highest BCUT2D eigenvalue weighted by Crippen LogP contribution is 2.38. The second-order valence-corrected chi connectivity index (χ2v) is 3.52. The molecule has 0 spiro atoms. The maximum absolute atomic E-state index is 12.8. The molecule has 17 heavy (non-hydrogen) atoms. The van der Waals surface area contributed by atoms with Crippen molar-refractivity contribution in [1.29, 1.82) is 0 Å². The van der Waals surface area contributed by atoms with Gasteiger partial charge in [-0.05, 0) is 19.1 Å². The third-order valence-electron chi connectivity index (χ3n) is 2.11. The Bertz CT molecular complexity index is 408. The van der Waals surface area contributed by atoms with Crippen LogP contribution < -0.4 is 4.74 Å². The second-order valence-electron chi connectivity index (χ2n) is 3.52. The van der Waals surface area contributed by atoms with Crippen molar-refractivity contribution in [2.75, 3.05) is 7.11 Å². The molecule has 0 unspecified atom stereocenters. The molecule has 0 aliphatic rings.